The predicted octanol–water partition coefficient (Wildman–Crippen LogP) is 2.28. The van der Waals surface area contributed by atoms with Gasteiger partial charge in [0.05, 0.1) is 12.8 Å². The lowest BCUT2D eigenvalue weighted by Crippen LogP contribution is -2.27. The van der Waals surface area contributed by atoms with Gasteiger partial charge in [0.25, 0.3) is 0 Å². The van der Waals surface area contributed by atoms with E-state index in [2.05, 4.69) is 4.98 Å². The Kier molecular flexibility index (Phi) is 3.63. The van der Waals surface area contributed by atoms with Crippen molar-refractivity contribution in [1.29, 1.82) is 0 Å². The van der Waals surface area contributed by atoms with Crippen LogP contribution in [0.3, 0.4) is 0 Å². The number of hydrogen-bond acceptors (Lipinski definition) is 3. The molecule has 84 valence electrons. The highest BCUT2D eigenvalue weighted by Gasteiger charge is 2.19. The van der Waals surface area contributed by atoms with Gasteiger partial charge in [-0.3, -0.25) is 0 Å². The van der Waals surface area contributed by atoms with Crippen LogP contribution < -0.4 is 4.74 Å². The van der Waals surface area contributed by atoms with Crippen LogP contribution >= 0.6 is 0 Å². The van der Waals surface area contributed by atoms with Gasteiger partial charge in [0, 0.05) is 5.56 Å². The molecule has 1 aromatic heterocycles. The van der Waals surface area contributed by atoms with E-state index in [1.807, 2.05) is 20.8 Å². The number of nitrogens with zero attached hydrogens (tertiary/aromatic N) is 1. The number of hydrogen-bond donors (Lipinski definition) is 1. The molecule has 0 atom stereocenters. The maximum atomic E-state index is 12.8. The summed E-state index contributed by atoms with van der Waals surface area (Å²) in [6.07, 6.45) is 1.89. The highest BCUT2D eigenvalue weighted by atomic mass is 19.1. The third-order valence-corrected chi connectivity index (χ3v) is 2.29. The number of pyridine rings is 1. The first-order valence-electron chi connectivity index (χ1n) is 4.93. The number of aliphatic hydroxyl groups excluding tert-OH is 1. The topological polar surface area (TPSA) is 42.4 Å². The van der Waals surface area contributed by atoms with Crippen molar-refractivity contribution in [2.75, 3.05) is 0 Å². The second kappa shape index (κ2) is 4.57. The second-order valence-corrected chi connectivity index (χ2v) is 3.99. The Labute approximate surface area is 88.9 Å². The van der Waals surface area contributed by atoms with E-state index in [4.69, 9.17) is 9.84 Å². The molecule has 0 saturated carbocycles. The fourth-order valence-electron chi connectivity index (χ4n) is 1.01. The van der Waals surface area contributed by atoms with Crippen molar-refractivity contribution in [3.05, 3.63) is 23.6 Å². The number of halogens is 1. The Morgan fingerprint density at radius 2 is 2.20 bits per heavy atom. The molecule has 0 saturated heterocycles. The van der Waals surface area contributed by atoms with Gasteiger partial charge in [-0.15, -0.1) is 0 Å². The largest absolute Gasteiger partial charge is 0.471 e. The van der Waals surface area contributed by atoms with Gasteiger partial charge < -0.3 is 9.84 Å². The van der Waals surface area contributed by atoms with Crippen LogP contribution in [-0.2, 0) is 6.61 Å². The molecule has 4 heteroatoms. The van der Waals surface area contributed by atoms with E-state index in [-0.39, 0.29) is 12.2 Å². The molecule has 3 nitrogen and oxygen atoms in total. The molecule has 0 radical (unpaired) electrons. The van der Waals surface area contributed by atoms with Crippen molar-refractivity contribution in [2.24, 2.45) is 0 Å². The van der Waals surface area contributed by atoms with Gasteiger partial charge in [0.2, 0.25) is 5.88 Å². The lowest BCUT2D eigenvalue weighted by molar-refractivity contribution is 0.0948. The minimum Gasteiger partial charge on any atom is -0.471 e. The Balaban J connectivity index is 2.94. The first kappa shape index (κ1) is 11.9. The van der Waals surface area contributed by atoms with Gasteiger partial charge in [-0.2, -0.15) is 0 Å². The Hall–Kier alpha value is -1.16. The van der Waals surface area contributed by atoms with E-state index in [0.29, 0.717) is 11.4 Å². The lowest BCUT2D eigenvalue weighted by atomic mass is 10.1. The Morgan fingerprint density at radius 1 is 1.53 bits per heavy atom. The van der Waals surface area contributed by atoms with E-state index in [9.17, 15) is 4.39 Å². The van der Waals surface area contributed by atoms with Crippen LogP contribution in [0.1, 0.15) is 32.8 Å². The predicted molar refractivity (Wildman–Crippen MR) is 55.1 cm³/mol. The van der Waals surface area contributed by atoms with Gasteiger partial charge in [0.15, 0.2) is 0 Å². The summed E-state index contributed by atoms with van der Waals surface area (Å²) in [5.41, 5.74) is 0.00546. The van der Waals surface area contributed by atoms with Crippen LogP contribution in [0, 0.1) is 5.82 Å². The summed E-state index contributed by atoms with van der Waals surface area (Å²) < 4.78 is 18.4. The van der Waals surface area contributed by atoms with E-state index >= 15 is 0 Å². The number of rotatable bonds is 4. The molecule has 0 aliphatic rings. The van der Waals surface area contributed by atoms with Crippen molar-refractivity contribution in [3.8, 4) is 5.88 Å². The molecule has 0 bridgehead atoms. The van der Waals surface area contributed by atoms with Gasteiger partial charge in [-0.05, 0) is 26.3 Å². The molecule has 0 amide bonds. The lowest BCUT2D eigenvalue weighted by Gasteiger charge is -2.25. The average molecular weight is 213 g/mol. The summed E-state index contributed by atoms with van der Waals surface area (Å²) in [7, 11) is 0. The monoisotopic (exact) mass is 213 g/mol. The molecule has 0 aromatic carbocycles. The van der Waals surface area contributed by atoms with E-state index in [1.165, 1.54) is 6.07 Å². The summed E-state index contributed by atoms with van der Waals surface area (Å²) in [6.45, 7) is 5.54. The third kappa shape index (κ3) is 3.16. The van der Waals surface area contributed by atoms with Gasteiger partial charge in [-0.25, -0.2) is 9.37 Å². The van der Waals surface area contributed by atoms with Crippen molar-refractivity contribution in [2.45, 2.75) is 39.4 Å². The highest BCUT2D eigenvalue weighted by Crippen LogP contribution is 2.23. The zero-order valence-corrected chi connectivity index (χ0v) is 9.25. The second-order valence-electron chi connectivity index (χ2n) is 3.99. The summed E-state index contributed by atoms with van der Waals surface area (Å²) in [6, 6.07) is 1.23. The zero-order chi connectivity index (χ0) is 11.5. The van der Waals surface area contributed by atoms with Crippen LogP contribution in [0.2, 0.25) is 0 Å². The molecule has 1 N–H and O–H groups in total. The molecule has 15 heavy (non-hydrogen) atoms. The average Bonchev–Trinajstić information content (AvgIpc) is 2.20. The standard InChI is InChI=1S/C11H16FNO2/c1-4-11(2,3)15-10-8(7-14)5-9(12)6-13-10/h5-6,14H,4,7H2,1-3H3. The Morgan fingerprint density at radius 3 is 2.73 bits per heavy atom. The van der Waals surface area contributed by atoms with Crippen LogP contribution in [0.4, 0.5) is 4.39 Å². The number of ether oxygens (including phenoxy) is 1. The third-order valence-electron chi connectivity index (χ3n) is 2.29. The first-order chi connectivity index (χ1) is 6.98. The van der Waals surface area contributed by atoms with Crippen LogP contribution in [0.5, 0.6) is 5.88 Å². The Bertz CT molecular complexity index is 339. The summed E-state index contributed by atoms with van der Waals surface area (Å²) >= 11 is 0. The summed E-state index contributed by atoms with van der Waals surface area (Å²) in [4.78, 5) is 3.82. The van der Waals surface area contributed by atoms with Crippen molar-refractivity contribution < 1.29 is 14.2 Å². The smallest absolute Gasteiger partial charge is 0.219 e. The van der Waals surface area contributed by atoms with Crippen molar-refractivity contribution in [1.82, 2.24) is 4.98 Å². The molecule has 1 rings (SSSR count). The summed E-state index contributed by atoms with van der Waals surface area (Å²) in [5, 5.41) is 9.03. The minimum atomic E-state index is -0.472. The van der Waals surface area contributed by atoms with Gasteiger partial charge >= 0.3 is 0 Å². The van der Waals surface area contributed by atoms with Crippen LogP contribution in [0.15, 0.2) is 12.3 Å². The maximum Gasteiger partial charge on any atom is 0.219 e. The van der Waals surface area contributed by atoms with Crippen molar-refractivity contribution in [3.63, 3.8) is 0 Å². The summed E-state index contributed by atoms with van der Waals surface area (Å²) in [5.74, 6) is -0.175. The molecule has 1 heterocycles. The van der Waals surface area contributed by atoms with Crippen LogP contribution in [0.25, 0.3) is 0 Å². The fourth-order valence-corrected chi connectivity index (χ4v) is 1.01. The van der Waals surface area contributed by atoms with E-state index < -0.39 is 5.82 Å². The molecule has 0 spiro atoms. The van der Waals surface area contributed by atoms with E-state index in [0.717, 1.165) is 12.6 Å². The molecule has 0 aliphatic heterocycles. The molecule has 1 aromatic rings. The minimum absolute atomic E-state index is 0.278. The normalized spacial score (nSPS) is 11.5. The molecule has 0 unspecified atom stereocenters. The number of aliphatic hydroxyl groups is 1. The fraction of sp³-hybridized carbons (Fsp3) is 0.545. The zero-order valence-electron chi connectivity index (χ0n) is 9.25. The van der Waals surface area contributed by atoms with Crippen LogP contribution in [-0.4, -0.2) is 15.7 Å². The molecule has 0 aliphatic carbocycles. The molecular weight excluding hydrogens is 197 g/mol. The molecule has 0 fully saturated rings. The first-order valence-corrected chi connectivity index (χ1v) is 4.93. The molecular formula is C11H16FNO2. The van der Waals surface area contributed by atoms with Gasteiger partial charge in [-0.1, -0.05) is 6.92 Å². The van der Waals surface area contributed by atoms with Crippen molar-refractivity contribution >= 4 is 0 Å². The maximum absolute atomic E-state index is 12.8. The van der Waals surface area contributed by atoms with E-state index in [1.54, 1.807) is 0 Å². The highest BCUT2D eigenvalue weighted by molar-refractivity contribution is 5.25. The number of aromatic nitrogens is 1. The quantitative estimate of drug-likeness (QED) is 0.834. The van der Waals surface area contributed by atoms with Gasteiger partial charge in [0.1, 0.15) is 11.4 Å². The SMILES string of the molecule is CCC(C)(C)Oc1ncc(F)cc1CO.